The molecule has 6 nitrogen and oxygen atoms in total. The van der Waals surface area contributed by atoms with Crippen LogP contribution in [-0.4, -0.2) is 21.6 Å². The third kappa shape index (κ3) is 3.59. The Labute approximate surface area is 164 Å². The Kier molecular flexibility index (Phi) is 5.47. The fourth-order valence-electron chi connectivity index (χ4n) is 3.49. The van der Waals surface area contributed by atoms with Crippen molar-refractivity contribution in [1.82, 2.24) is 9.78 Å². The van der Waals surface area contributed by atoms with E-state index in [0.717, 1.165) is 34.8 Å². The van der Waals surface area contributed by atoms with Gasteiger partial charge in [-0.1, -0.05) is 19.8 Å². The lowest BCUT2D eigenvalue weighted by atomic mass is 9.84. The second kappa shape index (κ2) is 7.45. The highest BCUT2D eigenvalue weighted by Gasteiger charge is 2.29. The number of halogens is 1. The summed E-state index contributed by atoms with van der Waals surface area (Å²) >= 11 is 3.57. The van der Waals surface area contributed by atoms with Gasteiger partial charge < -0.3 is 11.1 Å². The maximum Gasteiger partial charge on any atom is 0.275 e. The normalized spacial score (nSPS) is 16.5. The van der Waals surface area contributed by atoms with Crippen LogP contribution in [0.3, 0.4) is 0 Å². The third-order valence-electron chi connectivity index (χ3n) is 4.65. The number of anilines is 1. The van der Waals surface area contributed by atoms with Crippen LogP contribution in [0.15, 0.2) is 6.20 Å². The summed E-state index contributed by atoms with van der Waals surface area (Å²) in [6.45, 7) is 2.19. The van der Waals surface area contributed by atoms with Crippen LogP contribution in [0, 0.1) is 9.49 Å². The summed E-state index contributed by atoms with van der Waals surface area (Å²) in [7, 11) is 1.72. The van der Waals surface area contributed by atoms with Crippen LogP contribution in [-0.2, 0) is 19.9 Å². The van der Waals surface area contributed by atoms with Gasteiger partial charge in [0, 0.05) is 11.9 Å². The Balaban J connectivity index is 1.92. The van der Waals surface area contributed by atoms with Gasteiger partial charge in [-0.3, -0.25) is 14.3 Å². The Morgan fingerprint density at radius 2 is 2.28 bits per heavy atom. The number of aryl methyl sites for hydroxylation is 1. The van der Waals surface area contributed by atoms with E-state index in [9.17, 15) is 9.59 Å². The molecule has 8 heteroatoms. The average molecular weight is 472 g/mol. The number of nitrogens with zero attached hydrogens (tertiary/aromatic N) is 2. The van der Waals surface area contributed by atoms with Crippen LogP contribution in [0.2, 0.25) is 0 Å². The molecule has 1 atom stereocenters. The van der Waals surface area contributed by atoms with Crippen LogP contribution in [0.5, 0.6) is 0 Å². The molecule has 0 aromatic carbocycles. The molecule has 0 radical (unpaired) electrons. The molecule has 0 saturated heterocycles. The second-order valence-electron chi connectivity index (χ2n) is 6.39. The lowest BCUT2D eigenvalue weighted by molar-refractivity contribution is 0.1000. The molecule has 1 aliphatic rings. The summed E-state index contributed by atoms with van der Waals surface area (Å²) in [5, 5.41) is 7.55. The van der Waals surface area contributed by atoms with Crippen molar-refractivity contribution in [3.8, 4) is 0 Å². The number of aromatic nitrogens is 2. The summed E-state index contributed by atoms with van der Waals surface area (Å²) in [5.41, 5.74) is 7.62. The molecule has 3 rings (SSSR count). The molecule has 0 spiro atoms. The van der Waals surface area contributed by atoms with Gasteiger partial charge in [-0.2, -0.15) is 5.10 Å². The molecule has 0 bridgehead atoms. The van der Waals surface area contributed by atoms with E-state index in [2.05, 4.69) is 39.9 Å². The molecule has 2 aromatic heterocycles. The molecule has 25 heavy (non-hydrogen) atoms. The molecule has 134 valence electrons. The Morgan fingerprint density at radius 3 is 2.88 bits per heavy atom. The van der Waals surface area contributed by atoms with E-state index < -0.39 is 5.91 Å². The fourth-order valence-corrected chi connectivity index (χ4v) is 5.57. The second-order valence-corrected chi connectivity index (χ2v) is 8.66. The van der Waals surface area contributed by atoms with Gasteiger partial charge in [0.25, 0.3) is 11.8 Å². The van der Waals surface area contributed by atoms with Crippen molar-refractivity contribution in [2.75, 3.05) is 5.32 Å². The molecule has 2 heterocycles. The van der Waals surface area contributed by atoms with E-state index in [1.54, 1.807) is 13.2 Å². The van der Waals surface area contributed by atoms with E-state index >= 15 is 0 Å². The standard InChI is InChI=1S/C17H21IN4O2S/c1-3-4-9-5-6-10-12(7-9)25-17(13(10)15(19)23)21-16(24)14-11(18)8-20-22(14)2/h8-9H,3-7H2,1-2H3,(H2,19,23)(H,21,24)/t9-/m1/s1. The zero-order chi connectivity index (χ0) is 18.1. The number of thiophene rings is 1. The van der Waals surface area contributed by atoms with Crippen LogP contribution in [0.4, 0.5) is 5.00 Å². The average Bonchev–Trinajstić information content (AvgIpc) is 3.06. The van der Waals surface area contributed by atoms with Gasteiger partial charge in [0.1, 0.15) is 10.7 Å². The third-order valence-corrected chi connectivity index (χ3v) is 6.61. The van der Waals surface area contributed by atoms with Gasteiger partial charge in [0.15, 0.2) is 0 Å². The summed E-state index contributed by atoms with van der Waals surface area (Å²) < 4.78 is 2.30. The molecule has 3 N–H and O–H groups in total. The summed E-state index contributed by atoms with van der Waals surface area (Å²) in [6, 6.07) is 0. The first-order chi connectivity index (χ1) is 11.9. The maximum atomic E-state index is 12.6. The lowest BCUT2D eigenvalue weighted by Gasteiger charge is -2.21. The van der Waals surface area contributed by atoms with E-state index in [0.29, 0.717) is 22.2 Å². The van der Waals surface area contributed by atoms with E-state index in [1.807, 2.05) is 0 Å². The van der Waals surface area contributed by atoms with Gasteiger partial charge in [-0.05, 0) is 53.3 Å². The van der Waals surface area contributed by atoms with Gasteiger partial charge in [-0.25, -0.2) is 0 Å². The minimum atomic E-state index is -0.471. The first kappa shape index (κ1) is 18.4. The van der Waals surface area contributed by atoms with Crippen molar-refractivity contribution in [2.24, 2.45) is 18.7 Å². The highest BCUT2D eigenvalue weighted by molar-refractivity contribution is 14.1. The Bertz CT molecular complexity index is 807. The van der Waals surface area contributed by atoms with Crippen molar-refractivity contribution < 1.29 is 9.59 Å². The molecule has 2 amide bonds. The number of fused-ring (bicyclic) bond motifs is 1. The first-order valence-corrected chi connectivity index (χ1v) is 10.2. The van der Waals surface area contributed by atoms with Crippen LogP contribution in [0.25, 0.3) is 0 Å². The quantitative estimate of drug-likeness (QED) is 0.655. The van der Waals surface area contributed by atoms with Crippen molar-refractivity contribution in [1.29, 1.82) is 0 Å². The highest BCUT2D eigenvalue weighted by atomic mass is 127. The molecular weight excluding hydrogens is 451 g/mol. The van der Waals surface area contributed by atoms with Crippen LogP contribution >= 0.6 is 33.9 Å². The predicted octanol–water partition coefficient (Wildman–Crippen LogP) is 3.34. The molecule has 0 aliphatic heterocycles. The number of nitrogens with one attached hydrogen (secondary N) is 1. The molecule has 0 unspecified atom stereocenters. The van der Waals surface area contributed by atoms with Crippen LogP contribution < -0.4 is 11.1 Å². The summed E-state index contributed by atoms with van der Waals surface area (Å²) in [5.74, 6) is -0.0875. The van der Waals surface area contributed by atoms with Crippen molar-refractivity contribution in [3.05, 3.63) is 31.5 Å². The topological polar surface area (TPSA) is 90.0 Å². The highest BCUT2D eigenvalue weighted by Crippen LogP contribution is 2.40. The zero-order valence-electron chi connectivity index (χ0n) is 14.3. The summed E-state index contributed by atoms with van der Waals surface area (Å²) in [6.07, 6.45) is 6.89. The van der Waals surface area contributed by atoms with Crippen LogP contribution in [0.1, 0.15) is 57.5 Å². The van der Waals surface area contributed by atoms with Crippen molar-refractivity contribution >= 4 is 50.7 Å². The number of primary amides is 1. The number of rotatable bonds is 5. The first-order valence-electron chi connectivity index (χ1n) is 8.35. The van der Waals surface area contributed by atoms with E-state index in [-0.39, 0.29) is 5.91 Å². The SMILES string of the molecule is CCC[C@@H]1CCc2c(sc(NC(=O)c3c(I)cnn3C)c2C(N)=O)C1. The molecule has 0 fully saturated rings. The summed E-state index contributed by atoms with van der Waals surface area (Å²) in [4.78, 5) is 25.9. The van der Waals surface area contributed by atoms with Crippen molar-refractivity contribution in [3.63, 3.8) is 0 Å². The molecular formula is C17H21IN4O2S. The monoisotopic (exact) mass is 472 g/mol. The Hall–Kier alpha value is -1.42. The number of carbonyl (C=O) groups is 2. The number of nitrogens with two attached hydrogens (primary N) is 1. The predicted molar refractivity (Wildman–Crippen MR) is 107 cm³/mol. The maximum absolute atomic E-state index is 12.6. The number of hydrogen-bond donors (Lipinski definition) is 2. The Morgan fingerprint density at radius 1 is 1.52 bits per heavy atom. The van der Waals surface area contributed by atoms with E-state index in [1.165, 1.54) is 27.3 Å². The van der Waals surface area contributed by atoms with Gasteiger partial charge >= 0.3 is 0 Å². The van der Waals surface area contributed by atoms with Gasteiger partial charge in [-0.15, -0.1) is 11.3 Å². The van der Waals surface area contributed by atoms with Gasteiger partial charge in [0.2, 0.25) is 0 Å². The van der Waals surface area contributed by atoms with Crippen molar-refractivity contribution in [2.45, 2.75) is 39.0 Å². The molecule has 2 aromatic rings. The minimum Gasteiger partial charge on any atom is -0.365 e. The van der Waals surface area contributed by atoms with E-state index in [4.69, 9.17) is 5.73 Å². The minimum absolute atomic E-state index is 0.268. The smallest absolute Gasteiger partial charge is 0.275 e. The number of carbonyl (C=O) groups excluding carboxylic acids is 2. The largest absolute Gasteiger partial charge is 0.365 e. The fraction of sp³-hybridized carbons (Fsp3) is 0.471. The number of amides is 2. The number of hydrogen-bond acceptors (Lipinski definition) is 4. The zero-order valence-corrected chi connectivity index (χ0v) is 17.2. The lowest BCUT2D eigenvalue weighted by Crippen LogP contribution is -2.21. The molecule has 1 aliphatic carbocycles. The molecule has 0 saturated carbocycles. The van der Waals surface area contributed by atoms with Gasteiger partial charge in [0.05, 0.1) is 15.3 Å².